The number of rotatable bonds is 4. The number of fused-ring (bicyclic) bond motifs is 1. The van der Waals surface area contributed by atoms with Gasteiger partial charge in [-0.3, -0.25) is 0 Å². The van der Waals surface area contributed by atoms with Crippen LogP contribution in [0.25, 0.3) is 11.0 Å². The third kappa shape index (κ3) is 2.67. The van der Waals surface area contributed by atoms with E-state index < -0.39 is 12.0 Å². The molecule has 0 amide bonds. The maximum Gasteiger partial charge on any atom is 0.327 e. The first kappa shape index (κ1) is 14.5. The number of aliphatic carboxylic acids is 1. The maximum absolute atomic E-state index is 11.5. The van der Waals surface area contributed by atoms with Gasteiger partial charge in [-0.15, -0.1) is 0 Å². The van der Waals surface area contributed by atoms with Gasteiger partial charge in [0.05, 0.1) is 17.6 Å². The lowest BCUT2D eigenvalue weighted by atomic mass is 10.2. The van der Waals surface area contributed by atoms with E-state index in [1.165, 1.54) is 0 Å². The van der Waals surface area contributed by atoms with Gasteiger partial charge in [-0.25, -0.2) is 14.8 Å². The topological polar surface area (TPSA) is 87.6 Å². The SMILES string of the molecule is CCOc1nc2ccccc2nc1N1CCNC[C@@H]1C(=O)O. The second-order valence-electron chi connectivity index (χ2n) is 5.03. The molecule has 2 aromatic rings. The standard InChI is InChI=1S/C15H18N4O3/c1-2-22-14-13(17-10-5-3-4-6-11(10)18-14)19-8-7-16-9-12(19)15(20)21/h3-6,12,16H,2,7-9H2,1H3,(H,20,21)/t12-/m1/s1. The lowest BCUT2D eigenvalue weighted by molar-refractivity contribution is -0.138. The zero-order valence-electron chi connectivity index (χ0n) is 12.3. The Balaban J connectivity index is 2.10. The molecule has 1 aliphatic rings. The van der Waals surface area contributed by atoms with Gasteiger partial charge >= 0.3 is 5.97 Å². The van der Waals surface area contributed by atoms with Crippen LogP contribution in [0, 0.1) is 0 Å². The third-order valence-corrected chi connectivity index (χ3v) is 3.60. The van der Waals surface area contributed by atoms with Crippen LogP contribution in [0.5, 0.6) is 5.88 Å². The Labute approximate surface area is 127 Å². The Morgan fingerprint density at radius 3 is 2.82 bits per heavy atom. The molecular formula is C15H18N4O3. The molecule has 2 heterocycles. The summed E-state index contributed by atoms with van der Waals surface area (Å²) in [7, 11) is 0. The van der Waals surface area contributed by atoms with E-state index in [4.69, 9.17) is 4.74 Å². The molecule has 1 aromatic heterocycles. The molecule has 1 saturated heterocycles. The number of aromatic nitrogens is 2. The predicted molar refractivity (Wildman–Crippen MR) is 82.3 cm³/mol. The molecule has 7 nitrogen and oxygen atoms in total. The average Bonchev–Trinajstić information content (AvgIpc) is 2.54. The average molecular weight is 302 g/mol. The van der Waals surface area contributed by atoms with Crippen molar-refractivity contribution in [2.24, 2.45) is 0 Å². The molecule has 1 aliphatic heterocycles. The fourth-order valence-corrected chi connectivity index (χ4v) is 2.57. The summed E-state index contributed by atoms with van der Waals surface area (Å²) < 4.78 is 5.60. The first-order valence-electron chi connectivity index (χ1n) is 7.30. The van der Waals surface area contributed by atoms with Gasteiger partial charge in [0.1, 0.15) is 6.04 Å². The van der Waals surface area contributed by atoms with Gasteiger partial charge in [0.15, 0.2) is 5.82 Å². The van der Waals surface area contributed by atoms with Crippen molar-refractivity contribution in [2.45, 2.75) is 13.0 Å². The van der Waals surface area contributed by atoms with Crippen LogP contribution in [0.1, 0.15) is 6.92 Å². The maximum atomic E-state index is 11.5. The van der Waals surface area contributed by atoms with E-state index in [2.05, 4.69) is 15.3 Å². The molecule has 0 unspecified atom stereocenters. The van der Waals surface area contributed by atoms with Crippen molar-refractivity contribution in [1.82, 2.24) is 15.3 Å². The lowest BCUT2D eigenvalue weighted by Crippen LogP contribution is -2.55. The highest BCUT2D eigenvalue weighted by Crippen LogP contribution is 2.29. The molecule has 1 fully saturated rings. The second kappa shape index (κ2) is 6.15. The quantitative estimate of drug-likeness (QED) is 0.867. The molecule has 1 atom stereocenters. The summed E-state index contributed by atoms with van der Waals surface area (Å²) in [6.45, 7) is 3.93. The summed E-state index contributed by atoms with van der Waals surface area (Å²) in [6, 6.07) is 6.81. The fourth-order valence-electron chi connectivity index (χ4n) is 2.57. The van der Waals surface area contributed by atoms with E-state index >= 15 is 0 Å². The van der Waals surface area contributed by atoms with Crippen LogP contribution < -0.4 is 15.0 Å². The molecule has 0 bridgehead atoms. The monoisotopic (exact) mass is 302 g/mol. The Kier molecular flexibility index (Phi) is 4.06. The molecule has 2 N–H and O–H groups in total. The van der Waals surface area contributed by atoms with E-state index in [1.54, 1.807) is 4.90 Å². The van der Waals surface area contributed by atoms with Gasteiger partial charge < -0.3 is 20.1 Å². The van der Waals surface area contributed by atoms with Crippen molar-refractivity contribution in [2.75, 3.05) is 31.1 Å². The first-order valence-corrected chi connectivity index (χ1v) is 7.30. The summed E-state index contributed by atoms with van der Waals surface area (Å²) in [5, 5.41) is 12.5. The molecule has 1 aromatic carbocycles. The number of anilines is 1. The van der Waals surface area contributed by atoms with Crippen molar-refractivity contribution >= 4 is 22.8 Å². The number of nitrogens with one attached hydrogen (secondary N) is 1. The van der Waals surface area contributed by atoms with Gasteiger partial charge in [0, 0.05) is 19.6 Å². The Morgan fingerprint density at radius 1 is 1.41 bits per heavy atom. The molecule has 0 saturated carbocycles. The van der Waals surface area contributed by atoms with Gasteiger partial charge in [-0.1, -0.05) is 12.1 Å². The number of ether oxygens (including phenoxy) is 1. The fraction of sp³-hybridized carbons (Fsp3) is 0.400. The summed E-state index contributed by atoms with van der Waals surface area (Å²) in [6.07, 6.45) is 0. The zero-order chi connectivity index (χ0) is 15.5. The summed E-state index contributed by atoms with van der Waals surface area (Å²) in [5.74, 6) is -0.00610. The van der Waals surface area contributed by atoms with Gasteiger partial charge in [0.25, 0.3) is 5.88 Å². The van der Waals surface area contributed by atoms with Crippen molar-refractivity contribution in [3.63, 3.8) is 0 Å². The second-order valence-corrected chi connectivity index (χ2v) is 5.03. The lowest BCUT2D eigenvalue weighted by Gasteiger charge is -2.34. The minimum absolute atomic E-state index is 0.370. The zero-order valence-corrected chi connectivity index (χ0v) is 12.3. The largest absolute Gasteiger partial charge is 0.480 e. The van der Waals surface area contributed by atoms with Crippen molar-refractivity contribution in [3.8, 4) is 5.88 Å². The molecule has 116 valence electrons. The minimum Gasteiger partial charge on any atom is -0.480 e. The normalized spacial score (nSPS) is 18.4. The van der Waals surface area contributed by atoms with Crippen molar-refractivity contribution < 1.29 is 14.6 Å². The molecule has 22 heavy (non-hydrogen) atoms. The third-order valence-electron chi connectivity index (χ3n) is 3.60. The molecule has 3 rings (SSSR count). The highest BCUT2D eigenvalue weighted by molar-refractivity contribution is 5.82. The number of hydrogen-bond acceptors (Lipinski definition) is 6. The van der Waals surface area contributed by atoms with Crippen molar-refractivity contribution in [3.05, 3.63) is 24.3 Å². The first-order chi connectivity index (χ1) is 10.7. The van der Waals surface area contributed by atoms with E-state index in [1.807, 2.05) is 31.2 Å². The van der Waals surface area contributed by atoms with Crippen LogP contribution in [0.3, 0.4) is 0 Å². The van der Waals surface area contributed by atoms with E-state index in [-0.39, 0.29) is 0 Å². The van der Waals surface area contributed by atoms with Crippen LogP contribution >= 0.6 is 0 Å². The molecular weight excluding hydrogens is 284 g/mol. The molecule has 0 radical (unpaired) electrons. The van der Waals surface area contributed by atoms with Crippen LogP contribution in [-0.2, 0) is 4.79 Å². The molecule has 0 spiro atoms. The van der Waals surface area contributed by atoms with E-state index in [0.717, 1.165) is 11.0 Å². The Morgan fingerprint density at radius 2 is 2.14 bits per heavy atom. The highest BCUT2D eigenvalue weighted by Gasteiger charge is 2.32. The number of carboxylic acids is 1. The van der Waals surface area contributed by atoms with Gasteiger partial charge in [-0.05, 0) is 19.1 Å². The minimum atomic E-state index is -0.885. The van der Waals surface area contributed by atoms with Crippen LogP contribution in [0.15, 0.2) is 24.3 Å². The van der Waals surface area contributed by atoms with Crippen LogP contribution in [0.2, 0.25) is 0 Å². The number of carbonyl (C=O) groups is 1. The smallest absolute Gasteiger partial charge is 0.327 e. The number of hydrogen-bond donors (Lipinski definition) is 2. The predicted octanol–water partition coefficient (Wildman–Crippen LogP) is 0.891. The molecule has 0 aliphatic carbocycles. The number of piperazine rings is 1. The van der Waals surface area contributed by atoms with E-state index in [9.17, 15) is 9.90 Å². The highest BCUT2D eigenvalue weighted by atomic mass is 16.5. The number of nitrogens with zero attached hydrogens (tertiary/aromatic N) is 3. The number of carboxylic acid groups (broad SMARTS) is 1. The summed E-state index contributed by atoms with van der Waals surface area (Å²) >= 11 is 0. The Bertz CT molecular complexity index is 692. The van der Waals surface area contributed by atoms with Crippen LogP contribution in [-0.4, -0.2) is 53.3 Å². The summed E-state index contributed by atoms with van der Waals surface area (Å²) in [5.41, 5.74) is 1.46. The number of benzene rings is 1. The van der Waals surface area contributed by atoms with E-state index in [0.29, 0.717) is 37.9 Å². The van der Waals surface area contributed by atoms with Gasteiger partial charge in [-0.2, -0.15) is 0 Å². The summed E-state index contributed by atoms with van der Waals surface area (Å²) in [4.78, 5) is 22.3. The Hall–Kier alpha value is -2.41. The van der Waals surface area contributed by atoms with Crippen LogP contribution in [0.4, 0.5) is 5.82 Å². The number of para-hydroxylation sites is 2. The van der Waals surface area contributed by atoms with Gasteiger partial charge in [0.2, 0.25) is 0 Å². The van der Waals surface area contributed by atoms with Crippen molar-refractivity contribution in [1.29, 1.82) is 0 Å². The molecule has 7 heteroatoms.